The molecule has 0 spiro atoms. The molecule has 0 bridgehead atoms. The first-order chi connectivity index (χ1) is 13.8. The Kier molecular flexibility index (Phi) is 5.94. The van der Waals surface area contributed by atoms with Gasteiger partial charge in [-0.15, -0.1) is 0 Å². The summed E-state index contributed by atoms with van der Waals surface area (Å²) in [6, 6.07) is 22.0. The number of ketones is 1. The SMILES string of the molecule is Cc1ccccc1S(=O)(=O)NC(=O)C(C)c1cccc(C(=O)c2ccccc2)c1. The van der Waals surface area contributed by atoms with Gasteiger partial charge < -0.3 is 0 Å². The quantitative estimate of drug-likeness (QED) is 0.630. The van der Waals surface area contributed by atoms with E-state index >= 15 is 0 Å². The topological polar surface area (TPSA) is 80.3 Å². The van der Waals surface area contributed by atoms with Gasteiger partial charge in [0.1, 0.15) is 0 Å². The number of aryl methyl sites for hydroxylation is 1. The van der Waals surface area contributed by atoms with E-state index in [2.05, 4.69) is 4.72 Å². The molecule has 0 saturated carbocycles. The minimum Gasteiger partial charge on any atom is -0.289 e. The van der Waals surface area contributed by atoms with Crippen LogP contribution >= 0.6 is 0 Å². The molecule has 0 aliphatic carbocycles. The van der Waals surface area contributed by atoms with Crippen molar-refractivity contribution in [3.8, 4) is 0 Å². The van der Waals surface area contributed by atoms with Crippen molar-refractivity contribution in [1.29, 1.82) is 0 Å². The third-order valence-electron chi connectivity index (χ3n) is 4.70. The molecule has 0 heterocycles. The maximum Gasteiger partial charge on any atom is 0.264 e. The molecular formula is C23H21NO4S. The number of amides is 1. The number of benzene rings is 3. The number of carbonyl (C=O) groups excluding carboxylic acids is 2. The van der Waals surface area contributed by atoms with Gasteiger partial charge in [-0.1, -0.05) is 66.7 Å². The third-order valence-corrected chi connectivity index (χ3v) is 6.20. The number of carbonyl (C=O) groups is 2. The van der Waals surface area contributed by atoms with E-state index in [-0.39, 0.29) is 10.7 Å². The van der Waals surface area contributed by atoms with E-state index < -0.39 is 21.8 Å². The van der Waals surface area contributed by atoms with Crippen molar-refractivity contribution in [3.63, 3.8) is 0 Å². The molecule has 1 unspecified atom stereocenters. The van der Waals surface area contributed by atoms with Crippen LogP contribution in [-0.2, 0) is 14.8 Å². The zero-order chi connectivity index (χ0) is 21.0. The second-order valence-electron chi connectivity index (χ2n) is 6.78. The first kappa shape index (κ1) is 20.5. The van der Waals surface area contributed by atoms with Gasteiger partial charge in [-0.3, -0.25) is 9.59 Å². The van der Waals surface area contributed by atoms with Crippen molar-refractivity contribution in [2.24, 2.45) is 0 Å². The second-order valence-corrected chi connectivity index (χ2v) is 8.43. The molecule has 148 valence electrons. The number of nitrogens with one attached hydrogen (secondary N) is 1. The van der Waals surface area contributed by atoms with Crippen molar-refractivity contribution in [1.82, 2.24) is 4.72 Å². The fourth-order valence-corrected chi connectivity index (χ4v) is 4.29. The maximum absolute atomic E-state index is 12.6. The van der Waals surface area contributed by atoms with Crippen LogP contribution in [0, 0.1) is 6.92 Å². The lowest BCUT2D eigenvalue weighted by Gasteiger charge is -2.15. The summed E-state index contributed by atoms with van der Waals surface area (Å²) in [4.78, 5) is 25.3. The molecule has 0 aliphatic rings. The highest BCUT2D eigenvalue weighted by molar-refractivity contribution is 7.90. The molecule has 0 aromatic heterocycles. The largest absolute Gasteiger partial charge is 0.289 e. The summed E-state index contributed by atoms with van der Waals surface area (Å²) >= 11 is 0. The van der Waals surface area contributed by atoms with Gasteiger partial charge in [-0.25, -0.2) is 13.1 Å². The minimum atomic E-state index is -3.98. The normalized spacial score (nSPS) is 12.2. The fraction of sp³-hybridized carbons (Fsp3) is 0.130. The van der Waals surface area contributed by atoms with Gasteiger partial charge >= 0.3 is 0 Å². The zero-order valence-electron chi connectivity index (χ0n) is 16.1. The number of rotatable bonds is 6. The molecule has 3 rings (SSSR count). The van der Waals surface area contributed by atoms with E-state index in [9.17, 15) is 18.0 Å². The summed E-state index contributed by atoms with van der Waals surface area (Å²) < 4.78 is 27.3. The number of hydrogen-bond acceptors (Lipinski definition) is 4. The summed E-state index contributed by atoms with van der Waals surface area (Å²) in [5, 5.41) is 0. The molecule has 3 aromatic rings. The predicted molar refractivity (Wildman–Crippen MR) is 111 cm³/mol. The van der Waals surface area contributed by atoms with Crippen LogP contribution in [0.3, 0.4) is 0 Å². The van der Waals surface area contributed by atoms with Crippen LogP contribution in [0.5, 0.6) is 0 Å². The predicted octanol–water partition coefficient (Wildman–Crippen LogP) is 3.83. The summed E-state index contributed by atoms with van der Waals surface area (Å²) in [5.74, 6) is -1.57. The Morgan fingerprint density at radius 2 is 1.45 bits per heavy atom. The van der Waals surface area contributed by atoms with E-state index in [1.54, 1.807) is 80.6 Å². The smallest absolute Gasteiger partial charge is 0.264 e. The van der Waals surface area contributed by atoms with Crippen molar-refractivity contribution in [2.75, 3.05) is 0 Å². The van der Waals surface area contributed by atoms with Gasteiger partial charge in [0.2, 0.25) is 5.91 Å². The fourth-order valence-electron chi connectivity index (χ4n) is 2.99. The first-order valence-electron chi connectivity index (χ1n) is 9.11. The Hall–Kier alpha value is -3.25. The van der Waals surface area contributed by atoms with Crippen LogP contribution in [0.4, 0.5) is 0 Å². The molecule has 6 heteroatoms. The number of sulfonamides is 1. The van der Waals surface area contributed by atoms with Crippen molar-refractivity contribution in [3.05, 3.63) is 101 Å². The highest BCUT2D eigenvalue weighted by Gasteiger charge is 2.24. The molecule has 5 nitrogen and oxygen atoms in total. The van der Waals surface area contributed by atoms with Crippen LogP contribution in [0.25, 0.3) is 0 Å². The molecule has 1 N–H and O–H groups in total. The molecule has 3 aromatic carbocycles. The van der Waals surface area contributed by atoms with Crippen LogP contribution in [-0.4, -0.2) is 20.1 Å². The highest BCUT2D eigenvalue weighted by Crippen LogP contribution is 2.21. The molecule has 29 heavy (non-hydrogen) atoms. The maximum atomic E-state index is 12.6. The van der Waals surface area contributed by atoms with Crippen molar-refractivity contribution >= 4 is 21.7 Å². The Labute approximate surface area is 170 Å². The van der Waals surface area contributed by atoms with Gasteiger partial charge in [0.05, 0.1) is 10.8 Å². The average molecular weight is 407 g/mol. The lowest BCUT2D eigenvalue weighted by molar-refractivity contribution is -0.120. The van der Waals surface area contributed by atoms with Crippen LogP contribution < -0.4 is 4.72 Å². The van der Waals surface area contributed by atoms with E-state index in [1.807, 2.05) is 6.07 Å². The molecule has 1 amide bonds. The van der Waals surface area contributed by atoms with Gasteiger partial charge in [-0.2, -0.15) is 0 Å². The monoisotopic (exact) mass is 407 g/mol. The van der Waals surface area contributed by atoms with E-state index in [1.165, 1.54) is 6.07 Å². The van der Waals surface area contributed by atoms with Crippen LogP contribution in [0.1, 0.15) is 39.9 Å². The van der Waals surface area contributed by atoms with E-state index in [4.69, 9.17) is 0 Å². The molecule has 0 radical (unpaired) electrons. The Bertz CT molecular complexity index is 1150. The summed E-state index contributed by atoms with van der Waals surface area (Å²) in [7, 11) is -3.98. The van der Waals surface area contributed by atoms with Crippen molar-refractivity contribution < 1.29 is 18.0 Å². The van der Waals surface area contributed by atoms with Gasteiger partial charge in [0.15, 0.2) is 5.78 Å². The molecule has 0 fully saturated rings. The Balaban J connectivity index is 1.82. The first-order valence-corrected chi connectivity index (χ1v) is 10.6. The summed E-state index contributed by atoms with van der Waals surface area (Å²) in [6.45, 7) is 3.27. The van der Waals surface area contributed by atoms with E-state index in [0.717, 1.165) is 0 Å². The lowest BCUT2D eigenvalue weighted by Crippen LogP contribution is -2.34. The molecule has 0 aliphatic heterocycles. The standard InChI is InChI=1S/C23H21NO4S/c1-16-9-6-7-14-21(16)29(27,28)24-23(26)17(2)19-12-8-13-20(15-19)22(25)18-10-4-3-5-11-18/h3-15,17H,1-2H3,(H,24,26). The van der Waals surface area contributed by atoms with Crippen LogP contribution in [0.2, 0.25) is 0 Å². The minimum absolute atomic E-state index is 0.0635. The second kappa shape index (κ2) is 8.41. The van der Waals surface area contributed by atoms with Gasteiger partial charge in [0.25, 0.3) is 10.0 Å². The summed E-state index contributed by atoms with van der Waals surface area (Å²) in [6.07, 6.45) is 0. The van der Waals surface area contributed by atoms with Gasteiger partial charge in [0, 0.05) is 11.1 Å². The average Bonchev–Trinajstić information content (AvgIpc) is 2.73. The Morgan fingerprint density at radius 1 is 0.828 bits per heavy atom. The third kappa shape index (κ3) is 4.60. The molecular weight excluding hydrogens is 386 g/mol. The van der Waals surface area contributed by atoms with Crippen LogP contribution in [0.15, 0.2) is 83.8 Å². The summed E-state index contributed by atoms with van der Waals surface area (Å²) in [5.41, 5.74) is 2.10. The van der Waals surface area contributed by atoms with Crippen molar-refractivity contribution in [2.45, 2.75) is 24.7 Å². The highest BCUT2D eigenvalue weighted by atomic mass is 32.2. The Morgan fingerprint density at radius 3 is 2.14 bits per heavy atom. The lowest BCUT2D eigenvalue weighted by atomic mass is 9.95. The van der Waals surface area contributed by atoms with Gasteiger partial charge in [-0.05, 0) is 37.1 Å². The number of hydrogen-bond donors (Lipinski definition) is 1. The zero-order valence-corrected chi connectivity index (χ0v) is 16.9. The molecule has 1 atom stereocenters. The van der Waals surface area contributed by atoms with E-state index in [0.29, 0.717) is 22.3 Å². The molecule has 0 saturated heterocycles.